The Morgan fingerprint density at radius 3 is 2.81 bits per heavy atom. The fraction of sp³-hybridized carbons (Fsp3) is 0.474. The molecule has 0 bridgehead atoms. The van der Waals surface area contributed by atoms with E-state index in [1.807, 2.05) is 29.1 Å². The van der Waals surface area contributed by atoms with E-state index in [0.29, 0.717) is 36.2 Å². The molecular weight excluding hydrogens is 368 g/mol. The Hall–Kier alpha value is -2.25. The summed E-state index contributed by atoms with van der Waals surface area (Å²) in [5.41, 5.74) is 1.53. The largest absolute Gasteiger partial charge is 0.493 e. The molecule has 1 fully saturated rings. The SMILES string of the molecule is COc1ccc(CCNC(=O)c2ccn(C3CCCNC3)n2)cc1OC.Cl. The highest BCUT2D eigenvalue weighted by Gasteiger charge is 2.17. The molecule has 0 saturated carbocycles. The first-order chi connectivity index (χ1) is 12.7. The minimum atomic E-state index is -0.145. The van der Waals surface area contributed by atoms with Gasteiger partial charge in [0.05, 0.1) is 20.3 Å². The van der Waals surface area contributed by atoms with Gasteiger partial charge in [0.1, 0.15) is 5.69 Å². The van der Waals surface area contributed by atoms with Crippen LogP contribution in [-0.4, -0.2) is 49.5 Å². The number of aromatic nitrogens is 2. The van der Waals surface area contributed by atoms with Crippen molar-refractivity contribution in [3.05, 3.63) is 41.7 Å². The summed E-state index contributed by atoms with van der Waals surface area (Å²) in [5.74, 6) is 1.24. The van der Waals surface area contributed by atoms with Gasteiger partial charge in [0, 0.05) is 19.3 Å². The standard InChI is InChI=1S/C19H26N4O3.ClH/c1-25-17-6-5-14(12-18(17)26-2)7-10-21-19(24)16-8-11-23(22-16)15-4-3-9-20-13-15;/h5-6,8,11-12,15,20H,3-4,7,9-10,13H2,1-2H3,(H,21,24);1H. The summed E-state index contributed by atoms with van der Waals surface area (Å²) in [6.45, 7) is 2.50. The highest BCUT2D eigenvalue weighted by Crippen LogP contribution is 2.27. The molecule has 1 aromatic heterocycles. The highest BCUT2D eigenvalue weighted by molar-refractivity contribution is 5.92. The zero-order valence-corrected chi connectivity index (χ0v) is 16.6. The number of carbonyl (C=O) groups is 1. The molecule has 3 rings (SSSR count). The number of halogens is 1. The average Bonchev–Trinajstić information content (AvgIpc) is 3.19. The second kappa shape index (κ2) is 10.2. The fourth-order valence-electron chi connectivity index (χ4n) is 3.17. The number of benzene rings is 1. The maximum Gasteiger partial charge on any atom is 0.271 e. The number of carbonyl (C=O) groups excluding carboxylic acids is 1. The van der Waals surface area contributed by atoms with Crippen LogP contribution < -0.4 is 20.1 Å². The Bertz CT molecular complexity index is 744. The van der Waals surface area contributed by atoms with Gasteiger partial charge >= 0.3 is 0 Å². The predicted octanol–water partition coefficient (Wildman–Crippen LogP) is 2.22. The Morgan fingerprint density at radius 1 is 1.30 bits per heavy atom. The van der Waals surface area contributed by atoms with E-state index in [2.05, 4.69) is 15.7 Å². The lowest BCUT2D eigenvalue weighted by Crippen LogP contribution is -2.32. The third-order valence-corrected chi connectivity index (χ3v) is 4.63. The Labute approximate surface area is 165 Å². The highest BCUT2D eigenvalue weighted by atomic mass is 35.5. The number of methoxy groups -OCH3 is 2. The van der Waals surface area contributed by atoms with Crippen LogP contribution in [0.4, 0.5) is 0 Å². The molecule has 0 aliphatic carbocycles. The number of piperidine rings is 1. The number of hydrogen-bond donors (Lipinski definition) is 2. The molecular formula is C19H27ClN4O3. The van der Waals surface area contributed by atoms with E-state index >= 15 is 0 Å². The molecule has 27 heavy (non-hydrogen) atoms. The van der Waals surface area contributed by atoms with Crippen LogP contribution in [0.5, 0.6) is 11.5 Å². The van der Waals surface area contributed by atoms with Crippen molar-refractivity contribution in [3.63, 3.8) is 0 Å². The minimum Gasteiger partial charge on any atom is -0.493 e. The monoisotopic (exact) mass is 394 g/mol. The van der Waals surface area contributed by atoms with E-state index < -0.39 is 0 Å². The molecule has 1 aliphatic heterocycles. The van der Waals surface area contributed by atoms with Crippen molar-refractivity contribution in [2.75, 3.05) is 33.9 Å². The van der Waals surface area contributed by atoms with Crippen LogP contribution in [0.1, 0.15) is 34.9 Å². The zero-order chi connectivity index (χ0) is 18.4. The molecule has 2 N–H and O–H groups in total. The number of amides is 1. The van der Waals surface area contributed by atoms with Gasteiger partial charge in [-0.05, 0) is 49.6 Å². The molecule has 2 heterocycles. The van der Waals surface area contributed by atoms with Gasteiger partial charge in [0.2, 0.25) is 0 Å². The van der Waals surface area contributed by atoms with Gasteiger partial charge in [-0.25, -0.2) is 0 Å². The van der Waals surface area contributed by atoms with Crippen LogP contribution in [0.25, 0.3) is 0 Å². The Balaban J connectivity index is 0.00000261. The molecule has 1 atom stereocenters. The summed E-state index contributed by atoms with van der Waals surface area (Å²) in [7, 11) is 3.22. The molecule has 1 amide bonds. The van der Waals surface area contributed by atoms with Crippen molar-refractivity contribution in [1.82, 2.24) is 20.4 Å². The lowest BCUT2D eigenvalue weighted by molar-refractivity contribution is 0.0947. The van der Waals surface area contributed by atoms with Crippen LogP contribution in [0, 0.1) is 0 Å². The van der Waals surface area contributed by atoms with E-state index in [1.54, 1.807) is 20.3 Å². The number of hydrogen-bond acceptors (Lipinski definition) is 5. The molecule has 1 unspecified atom stereocenters. The lowest BCUT2D eigenvalue weighted by atomic mass is 10.1. The van der Waals surface area contributed by atoms with Gasteiger partial charge in [-0.15, -0.1) is 12.4 Å². The van der Waals surface area contributed by atoms with Crippen LogP contribution in [-0.2, 0) is 6.42 Å². The summed E-state index contributed by atoms with van der Waals surface area (Å²) in [6, 6.07) is 7.88. The van der Waals surface area contributed by atoms with Gasteiger partial charge in [0.15, 0.2) is 11.5 Å². The molecule has 0 radical (unpaired) electrons. The second-order valence-corrected chi connectivity index (χ2v) is 6.38. The maximum atomic E-state index is 12.3. The maximum absolute atomic E-state index is 12.3. The molecule has 1 aromatic carbocycles. The van der Waals surface area contributed by atoms with Gasteiger partial charge in [-0.3, -0.25) is 9.48 Å². The lowest BCUT2D eigenvalue weighted by Gasteiger charge is -2.22. The number of ether oxygens (including phenoxy) is 2. The first kappa shape index (κ1) is 21.1. The molecule has 1 saturated heterocycles. The number of nitrogens with zero attached hydrogens (tertiary/aromatic N) is 2. The Morgan fingerprint density at radius 2 is 2.11 bits per heavy atom. The number of nitrogens with one attached hydrogen (secondary N) is 2. The summed E-state index contributed by atoms with van der Waals surface area (Å²) in [5, 5.41) is 10.7. The van der Waals surface area contributed by atoms with E-state index in [9.17, 15) is 4.79 Å². The van der Waals surface area contributed by atoms with E-state index in [1.165, 1.54) is 0 Å². The van der Waals surface area contributed by atoms with Crippen molar-refractivity contribution in [2.24, 2.45) is 0 Å². The third kappa shape index (κ3) is 5.37. The summed E-state index contributed by atoms with van der Waals surface area (Å²) in [6.07, 6.45) is 4.83. The summed E-state index contributed by atoms with van der Waals surface area (Å²) < 4.78 is 12.4. The molecule has 8 heteroatoms. The van der Waals surface area contributed by atoms with Crippen LogP contribution in [0.15, 0.2) is 30.5 Å². The van der Waals surface area contributed by atoms with Gasteiger partial charge in [0.25, 0.3) is 5.91 Å². The van der Waals surface area contributed by atoms with Crippen LogP contribution in [0.2, 0.25) is 0 Å². The van der Waals surface area contributed by atoms with Crippen molar-refractivity contribution >= 4 is 18.3 Å². The first-order valence-corrected chi connectivity index (χ1v) is 8.96. The second-order valence-electron chi connectivity index (χ2n) is 6.38. The van der Waals surface area contributed by atoms with E-state index in [4.69, 9.17) is 9.47 Å². The fourth-order valence-corrected chi connectivity index (χ4v) is 3.17. The summed E-state index contributed by atoms with van der Waals surface area (Å²) in [4.78, 5) is 12.3. The van der Waals surface area contributed by atoms with Crippen molar-refractivity contribution < 1.29 is 14.3 Å². The third-order valence-electron chi connectivity index (χ3n) is 4.63. The van der Waals surface area contributed by atoms with E-state index in [0.717, 1.165) is 31.5 Å². The molecule has 0 spiro atoms. The zero-order valence-electron chi connectivity index (χ0n) is 15.7. The topological polar surface area (TPSA) is 77.4 Å². The van der Waals surface area contributed by atoms with Crippen molar-refractivity contribution in [1.29, 1.82) is 0 Å². The smallest absolute Gasteiger partial charge is 0.271 e. The van der Waals surface area contributed by atoms with Crippen LogP contribution in [0.3, 0.4) is 0 Å². The molecule has 1 aliphatic rings. The van der Waals surface area contributed by atoms with Gasteiger partial charge < -0.3 is 20.1 Å². The van der Waals surface area contributed by atoms with Crippen molar-refractivity contribution in [3.8, 4) is 11.5 Å². The van der Waals surface area contributed by atoms with Crippen LogP contribution >= 0.6 is 12.4 Å². The van der Waals surface area contributed by atoms with Gasteiger partial charge in [-0.2, -0.15) is 5.10 Å². The predicted molar refractivity (Wildman–Crippen MR) is 106 cm³/mol. The molecule has 148 valence electrons. The molecule has 7 nitrogen and oxygen atoms in total. The Kier molecular flexibility index (Phi) is 7.94. The normalized spacial score (nSPS) is 16.3. The summed E-state index contributed by atoms with van der Waals surface area (Å²) >= 11 is 0. The van der Waals surface area contributed by atoms with E-state index in [-0.39, 0.29) is 18.3 Å². The molecule has 2 aromatic rings. The number of rotatable bonds is 7. The minimum absolute atomic E-state index is 0. The van der Waals surface area contributed by atoms with Crippen molar-refractivity contribution in [2.45, 2.75) is 25.3 Å². The average molecular weight is 395 g/mol. The van der Waals surface area contributed by atoms with Gasteiger partial charge in [-0.1, -0.05) is 6.07 Å². The quantitative estimate of drug-likeness (QED) is 0.753. The first-order valence-electron chi connectivity index (χ1n) is 8.96.